The minimum absolute atomic E-state index is 0.0627. The van der Waals surface area contributed by atoms with Crippen LogP contribution in [0.15, 0.2) is 35.7 Å². The Morgan fingerprint density at radius 3 is 2.11 bits per heavy atom. The number of nitrogens with zero attached hydrogens (tertiary/aromatic N) is 9. The number of hydrogen-bond donors (Lipinski definition) is 6. The van der Waals surface area contributed by atoms with Crippen molar-refractivity contribution in [1.82, 2.24) is 34.4 Å². The van der Waals surface area contributed by atoms with Crippen molar-refractivity contribution < 1.29 is 104 Å². The minimum Gasteiger partial charge on any atom is -0.420 e. The fourth-order valence-corrected chi connectivity index (χ4v) is 9.63. The van der Waals surface area contributed by atoms with Crippen LogP contribution >= 0.6 is 19.2 Å². The third kappa shape index (κ3) is 20.4. The van der Waals surface area contributed by atoms with Gasteiger partial charge in [-0.2, -0.15) is 25.3 Å². The summed E-state index contributed by atoms with van der Waals surface area (Å²) in [5, 5.41) is 34.5. The molecule has 3 saturated heterocycles. The van der Waals surface area contributed by atoms with E-state index in [1.807, 2.05) is 9.80 Å². The maximum atomic E-state index is 13.7. The molecule has 0 radical (unpaired) electrons. The molecule has 1 amide bonds. The highest BCUT2D eigenvalue weighted by Gasteiger charge is 2.49. The second kappa shape index (κ2) is 33.5. The highest BCUT2D eigenvalue weighted by molar-refractivity contribution is 7.51. The number of rotatable bonds is 38. The number of likely N-dealkylation sites (tertiary alicyclic amines) is 1. The highest BCUT2D eigenvalue weighted by atomic mass is 35.5. The van der Waals surface area contributed by atoms with E-state index in [9.17, 15) is 37.5 Å². The van der Waals surface area contributed by atoms with E-state index in [1.54, 1.807) is 23.2 Å². The zero-order valence-electron chi connectivity index (χ0n) is 45.9. The van der Waals surface area contributed by atoms with Crippen molar-refractivity contribution in [1.29, 1.82) is 0 Å². The van der Waals surface area contributed by atoms with E-state index in [2.05, 4.69) is 35.0 Å². The number of aromatic nitrogens is 6. The van der Waals surface area contributed by atoms with Crippen molar-refractivity contribution >= 4 is 59.9 Å². The van der Waals surface area contributed by atoms with E-state index in [1.165, 1.54) is 10.9 Å². The van der Waals surface area contributed by atoms with Gasteiger partial charge in [-0.25, -0.2) is 22.8 Å². The van der Waals surface area contributed by atoms with Gasteiger partial charge in [0.05, 0.1) is 130 Å². The Bertz CT molecular complexity index is 2810. The van der Waals surface area contributed by atoms with Crippen LogP contribution in [-0.4, -0.2) is 248 Å². The smallest absolute Gasteiger partial charge is 0.350 e. The third-order valence-electron chi connectivity index (χ3n) is 13.1. The van der Waals surface area contributed by atoms with Crippen molar-refractivity contribution in [2.24, 2.45) is 16.4 Å². The molecule has 1 aromatic carbocycles. The van der Waals surface area contributed by atoms with Crippen molar-refractivity contribution in [3.63, 3.8) is 0 Å². The molecule has 0 aliphatic carbocycles. The molecule has 0 saturated carbocycles. The Kier molecular flexibility index (Phi) is 26.4. The second-order valence-corrected chi connectivity index (χ2v) is 21.4. The van der Waals surface area contributed by atoms with Crippen molar-refractivity contribution in [3.8, 4) is 5.75 Å². The third-order valence-corrected chi connectivity index (χ3v) is 13.8. The number of esters is 1. The van der Waals surface area contributed by atoms with E-state index in [0.717, 1.165) is 12.8 Å². The van der Waals surface area contributed by atoms with Crippen molar-refractivity contribution in [2.45, 2.75) is 50.3 Å². The van der Waals surface area contributed by atoms with E-state index in [-0.39, 0.29) is 61.7 Å². The van der Waals surface area contributed by atoms with Gasteiger partial charge in [0, 0.05) is 49.9 Å². The molecule has 3 aliphatic rings. The first-order chi connectivity index (χ1) is 40.5. The molecular formula is C50H71ClF3N11O18P+. The molecule has 466 valence electrons. The standard InChI is InChI=1S/C50H70ClF3N11O18P/c51-49-58-45(36-27-57-65(46(36)59-49)48-43(68)42(67)40(82-48)29-81-33-84(70,71)72)63-31-50(32-63)4-1-6-62(30-50)47(69)39-2-7-64(61-39)8-11-75-14-17-78-20-21-79-22-23-80-28-35(60-55)26-56-5-10-74-13-16-77-19-18-76-15-12-73-9-3-41(66)83-44-37(53)24-34(52)25-38(44)54/h2,7,24-27,40,42-43,48,67-68H,1,3-6,8-23,28-33,55H2,(H2,70,71,72)/p+1/b56-26?,60-35+/t40-,42-,43-,48-/m1/s1. The van der Waals surface area contributed by atoms with Gasteiger partial charge in [-0.3, -0.25) is 18.8 Å². The zero-order valence-corrected chi connectivity index (χ0v) is 47.6. The van der Waals surface area contributed by atoms with Gasteiger partial charge < -0.3 is 87.7 Å². The van der Waals surface area contributed by atoms with Crippen LogP contribution < -0.4 is 20.5 Å². The van der Waals surface area contributed by atoms with Gasteiger partial charge in [-0.1, -0.05) is 0 Å². The zero-order chi connectivity index (χ0) is 59.9. The van der Waals surface area contributed by atoms with Gasteiger partial charge in [0.2, 0.25) is 11.0 Å². The first-order valence-electron chi connectivity index (χ1n) is 27.0. The summed E-state index contributed by atoms with van der Waals surface area (Å²) in [5.41, 5.74) is 0.884. The number of amides is 1. The average molecular weight is 1240 g/mol. The van der Waals surface area contributed by atoms with Crippen LogP contribution in [-0.2, 0) is 63.3 Å². The lowest BCUT2D eigenvalue weighted by molar-refractivity contribution is -0.454. The number of piperidine rings is 1. The molecule has 0 unspecified atom stereocenters. The molecule has 3 aliphatic heterocycles. The topological polar surface area (TPSA) is 354 Å². The number of carbonyl (C=O) groups is 2. The van der Waals surface area contributed by atoms with Crippen LogP contribution in [0.4, 0.5) is 19.0 Å². The van der Waals surface area contributed by atoms with Gasteiger partial charge in [-0.05, 0) is 30.5 Å². The molecule has 6 heterocycles. The summed E-state index contributed by atoms with van der Waals surface area (Å²) in [5.74, 6) is 0.175. The summed E-state index contributed by atoms with van der Waals surface area (Å²) in [7, 11) is -4.46. The molecule has 3 aromatic heterocycles. The number of hydrazone groups is 1. The lowest BCUT2D eigenvalue weighted by atomic mass is 9.73. The summed E-state index contributed by atoms with van der Waals surface area (Å²) in [6.07, 6.45) is 0.242. The van der Waals surface area contributed by atoms with Gasteiger partial charge >= 0.3 is 13.6 Å². The molecule has 1 spiro atoms. The lowest BCUT2D eigenvalue weighted by Gasteiger charge is -2.55. The Labute approximate surface area is 485 Å². The number of nitrogens with two attached hydrogens (primary N) is 1. The normalized spacial score (nSPS) is 19.1. The van der Waals surface area contributed by atoms with Crippen molar-refractivity contribution in [3.05, 3.63) is 59.0 Å². The fourth-order valence-electron chi connectivity index (χ4n) is 9.12. The quantitative estimate of drug-likeness (QED) is 0.00468. The molecule has 29 nitrogen and oxygen atoms in total. The molecule has 0 bridgehead atoms. The molecular weight excluding hydrogens is 1170 g/mol. The maximum absolute atomic E-state index is 13.7. The molecule has 3 fully saturated rings. The maximum Gasteiger partial charge on any atom is 0.350 e. The van der Waals surface area contributed by atoms with Gasteiger partial charge in [0.15, 0.2) is 36.3 Å². The minimum atomic E-state index is -4.46. The first-order valence-corrected chi connectivity index (χ1v) is 29.1. The number of anilines is 1. The number of aliphatic hydroxyl groups is 2. The van der Waals surface area contributed by atoms with Crippen molar-refractivity contribution in [2.75, 3.05) is 156 Å². The fraction of sp³-hybridized carbons (Fsp3) is 0.640. The predicted molar refractivity (Wildman–Crippen MR) is 288 cm³/mol. The summed E-state index contributed by atoms with van der Waals surface area (Å²) < 4.78 is 114. The molecule has 4 aromatic rings. The first kappa shape index (κ1) is 66.1. The van der Waals surface area contributed by atoms with E-state index in [4.69, 9.17) is 74.6 Å². The van der Waals surface area contributed by atoms with Crippen LogP contribution in [0.25, 0.3) is 11.0 Å². The van der Waals surface area contributed by atoms with Crippen LogP contribution in [0.5, 0.6) is 5.75 Å². The molecule has 84 heavy (non-hydrogen) atoms. The van der Waals surface area contributed by atoms with E-state index >= 15 is 0 Å². The van der Waals surface area contributed by atoms with Crippen LogP contribution in [0, 0.1) is 22.9 Å². The lowest BCUT2D eigenvalue weighted by Crippen LogP contribution is -2.71. The predicted octanol–water partition coefficient (Wildman–Crippen LogP) is -0.798. The molecule has 4 atom stereocenters. The molecule has 34 heteroatoms. The molecule has 7 N–H and O–H groups in total. The second-order valence-electron chi connectivity index (χ2n) is 19.5. The SMILES string of the molecule is N/N=C(\C=[NH+]CCOCCOCCOCCOCCC(=O)Oc1c(F)cc(F)cc1F)COCCOCCOCCOCCn1ccc(C(=O)N2CCCC3(C2)CN(c2nc(Cl)nc4c2cnn4[C@@H]2O[C@H](COCP(=O)(O)O)[C@@H](O)[C@H]2O)C3)n1. The van der Waals surface area contributed by atoms with Crippen LogP contribution in [0.2, 0.25) is 5.28 Å². The number of carbonyl (C=O) groups excluding carboxylic acids is 2. The summed E-state index contributed by atoms with van der Waals surface area (Å²) in [4.78, 5) is 59.4. The molecule has 7 rings (SSSR count). The summed E-state index contributed by atoms with van der Waals surface area (Å²) in [6.45, 7) is 7.59. The number of halogens is 4. The Hall–Kier alpha value is -5.39. The van der Waals surface area contributed by atoms with Crippen LogP contribution in [0.1, 0.15) is 36.0 Å². The van der Waals surface area contributed by atoms with E-state index < -0.39 is 67.7 Å². The number of ether oxygens (including phenoxy) is 11. The Morgan fingerprint density at radius 2 is 1.46 bits per heavy atom. The van der Waals surface area contributed by atoms with Gasteiger partial charge in [0.25, 0.3) is 5.91 Å². The summed E-state index contributed by atoms with van der Waals surface area (Å²) >= 11 is 6.40. The number of aliphatic hydroxyl groups excluding tert-OH is 2. The largest absolute Gasteiger partial charge is 0.420 e. The Morgan fingerprint density at radius 1 is 0.845 bits per heavy atom. The highest BCUT2D eigenvalue weighted by Crippen LogP contribution is 2.44. The number of hydrogen-bond acceptors (Lipinski definition) is 23. The van der Waals surface area contributed by atoms with Gasteiger partial charge in [-0.15, -0.1) is 0 Å². The number of benzene rings is 1. The summed E-state index contributed by atoms with van der Waals surface area (Å²) in [6, 6.07) is 2.53. The monoisotopic (exact) mass is 1240 g/mol. The van der Waals surface area contributed by atoms with Gasteiger partial charge in [0.1, 0.15) is 54.3 Å². The number of fused-ring (bicyclic) bond motifs is 1. The number of nitrogens with one attached hydrogen (secondary N) is 1. The van der Waals surface area contributed by atoms with Crippen LogP contribution in [0.3, 0.4) is 0 Å². The Balaban J connectivity index is 0.651. The van der Waals surface area contributed by atoms with E-state index in [0.29, 0.717) is 153 Å². The average Bonchev–Trinajstić information content (AvgIpc) is 4.39.